The number of halogens is 2. The Hall–Kier alpha value is -2.13. The average Bonchev–Trinajstić information content (AvgIpc) is 3.20. The van der Waals surface area contributed by atoms with Gasteiger partial charge < -0.3 is 15.5 Å². The van der Waals surface area contributed by atoms with Crippen molar-refractivity contribution < 1.29 is 0 Å². The topological polar surface area (TPSA) is 65.4 Å². The van der Waals surface area contributed by atoms with Gasteiger partial charge in [0.1, 0.15) is 5.82 Å². The van der Waals surface area contributed by atoms with E-state index in [2.05, 4.69) is 56.7 Å². The lowest BCUT2D eigenvalue weighted by molar-refractivity contribution is 0.649. The summed E-state index contributed by atoms with van der Waals surface area (Å²) in [6, 6.07) is 14.3. The number of rotatable bonds is 5. The maximum absolute atomic E-state index is 6.31. The summed E-state index contributed by atoms with van der Waals surface area (Å²) >= 11 is 6.31. The van der Waals surface area contributed by atoms with E-state index < -0.39 is 0 Å². The normalized spacial score (nSPS) is 16.4. The number of anilines is 1. The number of guanidine groups is 1. The molecule has 3 heterocycles. The molecule has 3 aromatic rings. The third-order valence-electron chi connectivity index (χ3n) is 5.04. The van der Waals surface area contributed by atoms with Crippen molar-refractivity contribution in [2.24, 2.45) is 4.99 Å². The fourth-order valence-corrected chi connectivity index (χ4v) is 3.89. The third kappa shape index (κ3) is 5.31. The molecular formula is C22H26ClIN6. The van der Waals surface area contributed by atoms with Crippen molar-refractivity contribution in [3.05, 3.63) is 65.4 Å². The zero-order valence-corrected chi connectivity index (χ0v) is 20.0. The highest BCUT2D eigenvalue weighted by atomic mass is 127. The highest BCUT2D eigenvalue weighted by molar-refractivity contribution is 14.0. The number of aliphatic imine (C=N–C) groups is 1. The molecule has 1 atom stereocenters. The van der Waals surface area contributed by atoms with Gasteiger partial charge in [0, 0.05) is 43.5 Å². The van der Waals surface area contributed by atoms with Crippen molar-refractivity contribution in [2.45, 2.75) is 25.9 Å². The summed E-state index contributed by atoms with van der Waals surface area (Å²) in [5.74, 6) is 1.67. The van der Waals surface area contributed by atoms with Crippen LogP contribution in [0.4, 0.5) is 5.82 Å². The molecule has 0 amide bonds. The Morgan fingerprint density at radius 1 is 1.17 bits per heavy atom. The first-order chi connectivity index (χ1) is 14.2. The van der Waals surface area contributed by atoms with Crippen LogP contribution in [0.2, 0.25) is 5.02 Å². The van der Waals surface area contributed by atoms with Crippen molar-refractivity contribution in [1.29, 1.82) is 0 Å². The minimum Gasteiger partial charge on any atom is -0.357 e. The van der Waals surface area contributed by atoms with Crippen LogP contribution in [0.1, 0.15) is 18.9 Å². The summed E-state index contributed by atoms with van der Waals surface area (Å²) in [4.78, 5) is 16.0. The Balaban J connectivity index is 0.00000256. The van der Waals surface area contributed by atoms with E-state index in [1.165, 1.54) is 0 Å². The second-order valence-corrected chi connectivity index (χ2v) is 7.48. The van der Waals surface area contributed by atoms with Gasteiger partial charge in [-0.05, 0) is 37.1 Å². The summed E-state index contributed by atoms with van der Waals surface area (Å²) in [5.41, 5.74) is 2.13. The first-order valence-electron chi connectivity index (χ1n) is 9.97. The maximum atomic E-state index is 6.31. The standard InChI is InChI=1S/C22H25ClN6.HI/c1-2-24-22(27-14-17-7-3-6-16-8-4-11-25-20(16)17)28-18-10-13-29(15-18)21-19(23)9-5-12-26-21;/h3-9,11-12,18H,2,10,13-15H2,1H3,(H2,24,27,28);1H. The molecule has 1 fully saturated rings. The van der Waals surface area contributed by atoms with Crippen LogP contribution in [0.3, 0.4) is 0 Å². The van der Waals surface area contributed by atoms with Gasteiger partial charge in [-0.3, -0.25) is 4.98 Å². The third-order valence-corrected chi connectivity index (χ3v) is 5.33. The molecule has 0 saturated carbocycles. The average molecular weight is 537 g/mol. The summed E-state index contributed by atoms with van der Waals surface area (Å²) in [6.45, 7) is 5.22. The number of fused-ring (bicyclic) bond motifs is 1. The van der Waals surface area contributed by atoms with E-state index in [1.54, 1.807) is 6.20 Å². The van der Waals surface area contributed by atoms with E-state index in [9.17, 15) is 0 Å². The van der Waals surface area contributed by atoms with Crippen LogP contribution < -0.4 is 15.5 Å². The van der Waals surface area contributed by atoms with Gasteiger partial charge >= 0.3 is 0 Å². The molecular weight excluding hydrogens is 511 g/mol. The molecule has 1 unspecified atom stereocenters. The van der Waals surface area contributed by atoms with Crippen molar-refractivity contribution in [3.63, 3.8) is 0 Å². The lowest BCUT2D eigenvalue weighted by atomic mass is 10.1. The fourth-order valence-electron chi connectivity index (χ4n) is 3.65. The summed E-state index contributed by atoms with van der Waals surface area (Å²) in [7, 11) is 0. The van der Waals surface area contributed by atoms with E-state index in [4.69, 9.17) is 16.6 Å². The lowest BCUT2D eigenvalue weighted by Gasteiger charge is -2.20. The predicted octanol–water partition coefficient (Wildman–Crippen LogP) is 4.24. The molecule has 158 valence electrons. The van der Waals surface area contributed by atoms with Crippen LogP contribution in [0.15, 0.2) is 59.9 Å². The highest BCUT2D eigenvalue weighted by Gasteiger charge is 2.25. The van der Waals surface area contributed by atoms with Crippen LogP contribution in [0.5, 0.6) is 0 Å². The summed E-state index contributed by atoms with van der Waals surface area (Å²) in [6.07, 6.45) is 4.62. The molecule has 30 heavy (non-hydrogen) atoms. The van der Waals surface area contributed by atoms with Gasteiger partial charge in [-0.1, -0.05) is 35.9 Å². The molecule has 1 saturated heterocycles. The predicted molar refractivity (Wildman–Crippen MR) is 135 cm³/mol. The first kappa shape index (κ1) is 22.6. The summed E-state index contributed by atoms with van der Waals surface area (Å²) in [5, 5.41) is 8.74. The van der Waals surface area contributed by atoms with Crippen LogP contribution >= 0.6 is 35.6 Å². The minimum atomic E-state index is 0. The maximum Gasteiger partial charge on any atom is 0.191 e. The number of hydrogen-bond donors (Lipinski definition) is 2. The van der Waals surface area contributed by atoms with E-state index >= 15 is 0 Å². The number of para-hydroxylation sites is 1. The first-order valence-corrected chi connectivity index (χ1v) is 10.4. The van der Waals surface area contributed by atoms with Crippen molar-refractivity contribution in [1.82, 2.24) is 20.6 Å². The largest absolute Gasteiger partial charge is 0.357 e. The van der Waals surface area contributed by atoms with Gasteiger partial charge in [-0.2, -0.15) is 0 Å². The van der Waals surface area contributed by atoms with Crippen molar-refractivity contribution >= 4 is 58.3 Å². The second-order valence-electron chi connectivity index (χ2n) is 7.07. The molecule has 6 nitrogen and oxygen atoms in total. The molecule has 0 radical (unpaired) electrons. The Morgan fingerprint density at radius 3 is 2.80 bits per heavy atom. The Morgan fingerprint density at radius 2 is 1.97 bits per heavy atom. The van der Waals surface area contributed by atoms with Gasteiger partial charge in [-0.25, -0.2) is 9.98 Å². The van der Waals surface area contributed by atoms with Crippen molar-refractivity contribution in [2.75, 3.05) is 24.5 Å². The number of nitrogens with zero attached hydrogens (tertiary/aromatic N) is 4. The van der Waals surface area contributed by atoms with Gasteiger partial charge in [0.25, 0.3) is 0 Å². The molecule has 1 aliphatic rings. The van der Waals surface area contributed by atoms with Gasteiger partial charge in [0.15, 0.2) is 5.96 Å². The quantitative estimate of drug-likeness (QED) is 0.290. The number of pyridine rings is 2. The van der Waals surface area contributed by atoms with E-state index in [0.717, 1.165) is 54.3 Å². The molecule has 4 rings (SSSR count). The minimum absolute atomic E-state index is 0. The zero-order chi connectivity index (χ0) is 20.1. The molecule has 2 N–H and O–H groups in total. The van der Waals surface area contributed by atoms with E-state index in [-0.39, 0.29) is 30.0 Å². The van der Waals surface area contributed by atoms with Crippen LogP contribution in [-0.4, -0.2) is 41.6 Å². The Kier molecular flexibility index (Phi) is 8.09. The van der Waals surface area contributed by atoms with Gasteiger partial charge in [0.2, 0.25) is 0 Å². The molecule has 8 heteroatoms. The molecule has 2 aromatic heterocycles. The van der Waals surface area contributed by atoms with Crippen LogP contribution in [0, 0.1) is 0 Å². The van der Waals surface area contributed by atoms with Crippen LogP contribution in [-0.2, 0) is 6.54 Å². The molecule has 0 spiro atoms. The Bertz CT molecular complexity index is 1010. The van der Waals surface area contributed by atoms with E-state index in [0.29, 0.717) is 11.6 Å². The lowest BCUT2D eigenvalue weighted by Crippen LogP contribution is -2.44. The number of hydrogen-bond acceptors (Lipinski definition) is 4. The Labute approximate surface area is 199 Å². The van der Waals surface area contributed by atoms with Gasteiger partial charge in [-0.15, -0.1) is 24.0 Å². The van der Waals surface area contributed by atoms with E-state index in [1.807, 2.05) is 24.4 Å². The van der Waals surface area contributed by atoms with Crippen LogP contribution in [0.25, 0.3) is 10.9 Å². The smallest absolute Gasteiger partial charge is 0.191 e. The SMILES string of the molecule is CCNC(=NCc1cccc2cccnc12)NC1CCN(c2ncccc2Cl)C1.I. The molecule has 0 aliphatic carbocycles. The van der Waals surface area contributed by atoms with Crippen molar-refractivity contribution in [3.8, 4) is 0 Å². The molecule has 1 aromatic carbocycles. The fraction of sp³-hybridized carbons (Fsp3) is 0.318. The number of nitrogens with one attached hydrogen (secondary N) is 2. The number of benzene rings is 1. The molecule has 0 bridgehead atoms. The highest BCUT2D eigenvalue weighted by Crippen LogP contribution is 2.25. The summed E-state index contributed by atoms with van der Waals surface area (Å²) < 4.78 is 0. The molecule has 1 aliphatic heterocycles. The monoisotopic (exact) mass is 536 g/mol. The second kappa shape index (κ2) is 10.8. The van der Waals surface area contributed by atoms with Gasteiger partial charge in [0.05, 0.1) is 17.1 Å². The zero-order valence-electron chi connectivity index (χ0n) is 16.9. The number of aromatic nitrogens is 2.